The number of halogens is 2. The van der Waals surface area contributed by atoms with Crippen LogP contribution in [0.4, 0.5) is 8.78 Å². The number of carbonyl (C=O) groups excluding carboxylic acids is 1. The van der Waals surface area contributed by atoms with Gasteiger partial charge in [-0.1, -0.05) is 6.07 Å². The zero-order valence-electron chi connectivity index (χ0n) is 9.55. The molecule has 2 heterocycles. The fraction of sp³-hybridized carbons (Fsp3) is 0. The zero-order chi connectivity index (χ0) is 13.4. The maximum Gasteiger partial charge on any atom is 0.166 e. The topological polar surface area (TPSA) is 47.8 Å². The van der Waals surface area contributed by atoms with E-state index in [4.69, 9.17) is 0 Å². The molecule has 19 heavy (non-hydrogen) atoms. The van der Waals surface area contributed by atoms with E-state index in [1.807, 2.05) is 0 Å². The molecule has 0 aliphatic carbocycles. The molecule has 3 rings (SSSR count). The standard InChI is InChI=1S/C13H7F2N3O/c14-10-2-1-3-11(15)12(10)18-9(6-19)4-8-5-16-7-17-13(8)18/h1-7H. The van der Waals surface area contributed by atoms with Gasteiger partial charge in [0.15, 0.2) is 6.29 Å². The van der Waals surface area contributed by atoms with Crippen molar-refractivity contribution in [3.8, 4) is 5.69 Å². The van der Waals surface area contributed by atoms with Crippen molar-refractivity contribution in [1.29, 1.82) is 0 Å². The van der Waals surface area contributed by atoms with Crippen LogP contribution in [0.3, 0.4) is 0 Å². The number of benzene rings is 1. The Morgan fingerprint density at radius 1 is 1.21 bits per heavy atom. The highest BCUT2D eigenvalue weighted by Crippen LogP contribution is 2.25. The maximum absolute atomic E-state index is 13.8. The van der Waals surface area contributed by atoms with Crippen LogP contribution in [0.25, 0.3) is 16.7 Å². The normalized spacial score (nSPS) is 10.8. The minimum absolute atomic E-state index is 0.111. The SMILES string of the molecule is O=Cc1cc2cncnc2n1-c1c(F)cccc1F. The third-order valence-corrected chi connectivity index (χ3v) is 2.77. The van der Waals surface area contributed by atoms with E-state index < -0.39 is 11.6 Å². The monoisotopic (exact) mass is 259 g/mol. The first-order valence-electron chi connectivity index (χ1n) is 5.43. The number of fused-ring (bicyclic) bond motifs is 1. The first-order chi connectivity index (χ1) is 9.22. The molecule has 3 aromatic rings. The first-order valence-corrected chi connectivity index (χ1v) is 5.43. The third kappa shape index (κ3) is 1.69. The van der Waals surface area contributed by atoms with Gasteiger partial charge in [0.1, 0.15) is 29.3 Å². The summed E-state index contributed by atoms with van der Waals surface area (Å²) in [6, 6.07) is 4.99. The highest BCUT2D eigenvalue weighted by molar-refractivity contribution is 5.88. The molecule has 0 bridgehead atoms. The molecule has 0 atom stereocenters. The summed E-state index contributed by atoms with van der Waals surface area (Å²) in [6.45, 7) is 0. The Morgan fingerprint density at radius 3 is 2.63 bits per heavy atom. The second kappa shape index (κ2) is 4.24. The molecule has 0 aliphatic heterocycles. The van der Waals surface area contributed by atoms with Crippen LogP contribution in [0.1, 0.15) is 10.5 Å². The van der Waals surface area contributed by atoms with E-state index in [2.05, 4.69) is 9.97 Å². The van der Waals surface area contributed by atoms with Gasteiger partial charge in [-0.3, -0.25) is 9.36 Å². The number of nitrogens with zero attached hydrogens (tertiary/aromatic N) is 3. The number of rotatable bonds is 2. The van der Waals surface area contributed by atoms with Gasteiger partial charge in [-0.05, 0) is 18.2 Å². The van der Waals surface area contributed by atoms with E-state index in [0.717, 1.165) is 16.7 Å². The summed E-state index contributed by atoms with van der Waals surface area (Å²) in [5.74, 6) is -1.53. The molecule has 0 N–H and O–H groups in total. The Balaban J connectivity index is 2.45. The lowest BCUT2D eigenvalue weighted by Gasteiger charge is -2.09. The molecule has 94 valence electrons. The van der Waals surface area contributed by atoms with Crippen molar-refractivity contribution in [2.75, 3.05) is 0 Å². The highest BCUT2D eigenvalue weighted by Gasteiger charge is 2.17. The maximum atomic E-state index is 13.8. The summed E-state index contributed by atoms with van der Waals surface area (Å²) in [6.07, 6.45) is 3.25. The predicted molar refractivity (Wildman–Crippen MR) is 64.2 cm³/mol. The van der Waals surface area contributed by atoms with Crippen molar-refractivity contribution < 1.29 is 13.6 Å². The lowest BCUT2D eigenvalue weighted by molar-refractivity contribution is 0.111. The van der Waals surface area contributed by atoms with Crippen molar-refractivity contribution in [2.24, 2.45) is 0 Å². The smallest absolute Gasteiger partial charge is 0.166 e. The van der Waals surface area contributed by atoms with E-state index in [1.165, 1.54) is 24.7 Å². The van der Waals surface area contributed by atoms with Crippen LogP contribution in [-0.4, -0.2) is 20.8 Å². The van der Waals surface area contributed by atoms with Crippen LogP contribution < -0.4 is 0 Å². The van der Waals surface area contributed by atoms with Crippen LogP contribution in [0, 0.1) is 11.6 Å². The molecular formula is C13H7F2N3O. The molecule has 0 saturated carbocycles. The van der Waals surface area contributed by atoms with Gasteiger partial charge in [0.05, 0.1) is 5.69 Å². The van der Waals surface area contributed by atoms with Crippen LogP contribution in [0.2, 0.25) is 0 Å². The first kappa shape index (κ1) is 11.5. The molecule has 1 aromatic carbocycles. The largest absolute Gasteiger partial charge is 0.296 e. The molecular weight excluding hydrogens is 252 g/mol. The van der Waals surface area contributed by atoms with Gasteiger partial charge < -0.3 is 0 Å². The third-order valence-electron chi connectivity index (χ3n) is 2.77. The van der Waals surface area contributed by atoms with E-state index in [1.54, 1.807) is 0 Å². The van der Waals surface area contributed by atoms with Crippen molar-refractivity contribution in [3.63, 3.8) is 0 Å². The van der Waals surface area contributed by atoms with E-state index in [9.17, 15) is 13.6 Å². The highest BCUT2D eigenvalue weighted by atomic mass is 19.1. The Kier molecular flexibility index (Phi) is 2.56. The average molecular weight is 259 g/mol. The van der Waals surface area contributed by atoms with Crippen molar-refractivity contribution in [1.82, 2.24) is 14.5 Å². The number of carbonyl (C=O) groups is 1. The van der Waals surface area contributed by atoms with Gasteiger partial charge in [0, 0.05) is 11.6 Å². The lowest BCUT2D eigenvalue weighted by Crippen LogP contribution is -2.05. The number of para-hydroxylation sites is 1. The van der Waals surface area contributed by atoms with Crippen molar-refractivity contribution >= 4 is 17.3 Å². The quantitative estimate of drug-likeness (QED) is 0.664. The summed E-state index contributed by atoms with van der Waals surface area (Å²) >= 11 is 0. The summed E-state index contributed by atoms with van der Waals surface area (Å²) in [4.78, 5) is 18.9. The number of aromatic nitrogens is 3. The molecule has 0 saturated heterocycles. The van der Waals surface area contributed by atoms with Gasteiger partial charge in [-0.15, -0.1) is 0 Å². The Morgan fingerprint density at radius 2 is 1.95 bits per heavy atom. The molecule has 0 radical (unpaired) electrons. The average Bonchev–Trinajstić information content (AvgIpc) is 2.77. The summed E-state index contributed by atoms with van der Waals surface area (Å²) < 4.78 is 28.8. The van der Waals surface area contributed by atoms with E-state index in [0.29, 0.717) is 11.7 Å². The molecule has 2 aromatic heterocycles. The van der Waals surface area contributed by atoms with Gasteiger partial charge in [-0.25, -0.2) is 18.7 Å². The zero-order valence-corrected chi connectivity index (χ0v) is 9.55. The van der Waals surface area contributed by atoms with E-state index in [-0.39, 0.29) is 17.0 Å². The van der Waals surface area contributed by atoms with Gasteiger partial charge in [0.25, 0.3) is 0 Å². The van der Waals surface area contributed by atoms with Crippen molar-refractivity contribution in [2.45, 2.75) is 0 Å². The van der Waals surface area contributed by atoms with Gasteiger partial charge in [0.2, 0.25) is 0 Å². The molecule has 0 unspecified atom stereocenters. The van der Waals surface area contributed by atoms with Crippen LogP contribution in [0.5, 0.6) is 0 Å². The van der Waals surface area contributed by atoms with Crippen molar-refractivity contribution in [3.05, 3.63) is 54.1 Å². The minimum Gasteiger partial charge on any atom is -0.296 e. The second-order valence-electron chi connectivity index (χ2n) is 3.89. The Bertz CT molecular complexity index is 762. The van der Waals surface area contributed by atoms with Crippen LogP contribution in [-0.2, 0) is 0 Å². The summed E-state index contributed by atoms with van der Waals surface area (Å²) in [5, 5.41) is 0.534. The van der Waals surface area contributed by atoms with Crippen LogP contribution in [0.15, 0.2) is 36.8 Å². The molecule has 6 heteroatoms. The fourth-order valence-corrected chi connectivity index (χ4v) is 1.99. The Hall–Kier alpha value is -2.63. The molecule has 0 spiro atoms. The van der Waals surface area contributed by atoms with E-state index >= 15 is 0 Å². The number of hydrogen-bond donors (Lipinski definition) is 0. The molecule has 0 fully saturated rings. The summed E-state index contributed by atoms with van der Waals surface area (Å²) in [7, 11) is 0. The molecule has 4 nitrogen and oxygen atoms in total. The fourth-order valence-electron chi connectivity index (χ4n) is 1.99. The predicted octanol–water partition coefficient (Wildman–Crippen LogP) is 2.51. The number of hydrogen-bond acceptors (Lipinski definition) is 3. The minimum atomic E-state index is -0.765. The lowest BCUT2D eigenvalue weighted by atomic mass is 10.3. The van der Waals surface area contributed by atoms with Gasteiger partial charge >= 0.3 is 0 Å². The van der Waals surface area contributed by atoms with Crippen LogP contribution >= 0.6 is 0 Å². The number of aldehydes is 1. The Labute approximate surface area is 106 Å². The van der Waals surface area contributed by atoms with Gasteiger partial charge in [-0.2, -0.15) is 0 Å². The summed E-state index contributed by atoms with van der Waals surface area (Å²) in [5.41, 5.74) is 0.0684. The molecule has 0 amide bonds. The second-order valence-corrected chi connectivity index (χ2v) is 3.89. The molecule has 0 aliphatic rings.